The van der Waals surface area contributed by atoms with Crippen LogP contribution < -0.4 is 4.68 Å². The van der Waals surface area contributed by atoms with E-state index in [1.54, 1.807) is 24.3 Å². The minimum atomic E-state index is -3.70. The molecule has 2 rings (SSSR count). The van der Waals surface area contributed by atoms with Crippen LogP contribution in [0.25, 0.3) is 4.83 Å². The highest BCUT2D eigenvalue weighted by atomic mass is 32.2. The molecule has 20 heavy (non-hydrogen) atoms. The fourth-order valence-corrected chi connectivity index (χ4v) is 3.14. The highest BCUT2D eigenvalue weighted by Gasteiger charge is 2.13. The monoisotopic (exact) mass is 290 g/mol. The van der Waals surface area contributed by atoms with Gasteiger partial charge < -0.3 is 4.83 Å². The fourth-order valence-electron chi connectivity index (χ4n) is 2.09. The van der Waals surface area contributed by atoms with Crippen LogP contribution in [-0.2, 0) is 10.0 Å². The molecular formula is C15H18N2O2S. The highest BCUT2D eigenvalue weighted by Crippen LogP contribution is 2.16. The number of sulfonamides is 1. The first kappa shape index (κ1) is 14.5. The van der Waals surface area contributed by atoms with Gasteiger partial charge in [-0.15, -0.1) is 0 Å². The minimum Gasteiger partial charge on any atom is -0.318 e. The minimum absolute atomic E-state index is 0.204. The van der Waals surface area contributed by atoms with E-state index in [1.165, 1.54) is 4.68 Å². The highest BCUT2D eigenvalue weighted by molar-refractivity contribution is 7.93. The third-order valence-electron chi connectivity index (χ3n) is 3.05. The second kappa shape index (κ2) is 5.25. The van der Waals surface area contributed by atoms with Crippen molar-refractivity contribution in [1.29, 1.82) is 0 Å². The summed E-state index contributed by atoms with van der Waals surface area (Å²) in [5.41, 5.74) is 3.68. The van der Waals surface area contributed by atoms with Crippen LogP contribution >= 0.6 is 0 Å². The summed E-state index contributed by atoms with van der Waals surface area (Å²) in [6, 6.07) is 10.5. The zero-order valence-corrected chi connectivity index (χ0v) is 12.9. The SMILES string of the molecule is Cc1ccc(S(=O)(=O)[N-][n+]2c(C)cc(C)cc2C)cc1. The topological polar surface area (TPSA) is 52.1 Å². The van der Waals surface area contributed by atoms with Crippen molar-refractivity contribution < 1.29 is 13.1 Å². The molecule has 1 heterocycles. The van der Waals surface area contributed by atoms with E-state index < -0.39 is 10.0 Å². The third-order valence-corrected chi connectivity index (χ3v) is 4.30. The van der Waals surface area contributed by atoms with Crippen LogP contribution in [0.2, 0.25) is 0 Å². The van der Waals surface area contributed by atoms with Crippen LogP contribution in [0.4, 0.5) is 0 Å². The van der Waals surface area contributed by atoms with E-state index in [9.17, 15) is 8.42 Å². The van der Waals surface area contributed by atoms with Gasteiger partial charge in [-0.1, -0.05) is 17.7 Å². The fraction of sp³-hybridized carbons (Fsp3) is 0.267. The van der Waals surface area contributed by atoms with Gasteiger partial charge in [0.2, 0.25) is 0 Å². The average Bonchev–Trinajstić information content (AvgIpc) is 2.34. The zero-order chi connectivity index (χ0) is 14.9. The number of aromatic nitrogens is 1. The molecule has 0 radical (unpaired) electrons. The summed E-state index contributed by atoms with van der Waals surface area (Å²) in [7, 11) is -3.70. The molecule has 0 aliphatic heterocycles. The van der Waals surface area contributed by atoms with Gasteiger partial charge in [-0.2, -0.15) is 0 Å². The maximum Gasteiger partial charge on any atom is 0.174 e. The maximum absolute atomic E-state index is 12.3. The molecule has 1 aromatic heterocycles. The van der Waals surface area contributed by atoms with Crippen molar-refractivity contribution in [2.75, 3.05) is 0 Å². The Hall–Kier alpha value is -1.88. The maximum atomic E-state index is 12.3. The van der Waals surface area contributed by atoms with Gasteiger partial charge in [-0.05, 0) is 31.5 Å². The summed E-state index contributed by atoms with van der Waals surface area (Å²) < 4.78 is 26.1. The number of aryl methyl sites for hydroxylation is 4. The Kier molecular flexibility index (Phi) is 3.81. The molecule has 4 nitrogen and oxygen atoms in total. The number of nitrogens with zero attached hydrogens (tertiary/aromatic N) is 2. The van der Waals surface area contributed by atoms with Crippen LogP contribution in [0, 0.1) is 27.7 Å². The first-order chi connectivity index (χ1) is 9.29. The predicted molar refractivity (Wildman–Crippen MR) is 78.0 cm³/mol. The zero-order valence-electron chi connectivity index (χ0n) is 12.1. The molecule has 0 aliphatic rings. The van der Waals surface area contributed by atoms with E-state index in [0.717, 1.165) is 22.5 Å². The molecule has 0 spiro atoms. The van der Waals surface area contributed by atoms with E-state index in [1.807, 2.05) is 39.8 Å². The Bertz CT molecular complexity index is 712. The summed E-state index contributed by atoms with van der Waals surface area (Å²) in [6.45, 7) is 7.57. The molecule has 5 heteroatoms. The van der Waals surface area contributed by atoms with Crippen LogP contribution in [0.5, 0.6) is 0 Å². The lowest BCUT2D eigenvalue weighted by Gasteiger charge is -2.18. The van der Waals surface area contributed by atoms with Crippen molar-refractivity contribution in [2.24, 2.45) is 0 Å². The van der Waals surface area contributed by atoms with Crippen molar-refractivity contribution in [3.8, 4) is 0 Å². The average molecular weight is 290 g/mol. The normalized spacial score (nSPS) is 11.4. The van der Waals surface area contributed by atoms with E-state index >= 15 is 0 Å². The first-order valence-corrected chi connectivity index (χ1v) is 7.78. The van der Waals surface area contributed by atoms with Gasteiger partial charge in [0.05, 0.1) is 4.90 Å². The third kappa shape index (κ3) is 2.99. The van der Waals surface area contributed by atoms with Crippen molar-refractivity contribution in [3.63, 3.8) is 0 Å². The van der Waals surface area contributed by atoms with Crippen LogP contribution in [-0.4, -0.2) is 8.42 Å². The van der Waals surface area contributed by atoms with E-state index in [4.69, 9.17) is 0 Å². The molecular weight excluding hydrogens is 272 g/mol. The molecule has 2 aromatic rings. The molecule has 1 aromatic carbocycles. The van der Waals surface area contributed by atoms with Gasteiger partial charge in [-0.25, -0.2) is 13.1 Å². The Balaban J connectivity index is 2.41. The van der Waals surface area contributed by atoms with Crippen LogP contribution in [0.1, 0.15) is 22.5 Å². The largest absolute Gasteiger partial charge is 0.318 e. The lowest BCUT2D eigenvalue weighted by Crippen LogP contribution is -2.38. The number of hydrogen-bond acceptors (Lipinski definition) is 2. The summed E-state index contributed by atoms with van der Waals surface area (Å²) in [6.07, 6.45) is 0. The van der Waals surface area contributed by atoms with Gasteiger partial charge in [0, 0.05) is 26.0 Å². The summed E-state index contributed by atoms with van der Waals surface area (Å²) in [4.78, 5) is 4.12. The Morgan fingerprint density at radius 1 is 0.850 bits per heavy atom. The number of rotatable bonds is 3. The molecule has 0 atom stereocenters. The number of pyridine rings is 1. The molecule has 0 bridgehead atoms. The lowest BCUT2D eigenvalue weighted by molar-refractivity contribution is -0.627. The predicted octanol–water partition coefficient (Wildman–Crippen LogP) is 2.73. The standard InChI is InChI=1S/C15H18N2O2S/c1-11-5-7-15(8-6-11)20(18,19)16-17-13(3)9-12(2)10-14(17)4/h5-10H,1-4H3. The number of hydrogen-bond donors (Lipinski definition) is 0. The molecule has 0 saturated carbocycles. The van der Waals surface area contributed by atoms with Crippen LogP contribution in [0.3, 0.4) is 0 Å². The first-order valence-electron chi connectivity index (χ1n) is 6.34. The van der Waals surface area contributed by atoms with Crippen molar-refractivity contribution in [2.45, 2.75) is 32.6 Å². The van der Waals surface area contributed by atoms with Crippen molar-refractivity contribution in [3.05, 3.63) is 63.7 Å². The summed E-state index contributed by atoms with van der Waals surface area (Å²) in [5, 5.41) is 0. The summed E-state index contributed by atoms with van der Waals surface area (Å²) in [5.74, 6) is 0. The van der Waals surface area contributed by atoms with Crippen molar-refractivity contribution >= 4 is 10.0 Å². The van der Waals surface area contributed by atoms with E-state index in [2.05, 4.69) is 4.83 Å². The molecule has 106 valence electrons. The Morgan fingerprint density at radius 2 is 1.35 bits per heavy atom. The van der Waals surface area contributed by atoms with Gasteiger partial charge in [0.25, 0.3) is 0 Å². The molecule has 0 unspecified atom stereocenters. The second-order valence-corrected chi connectivity index (χ2v) is 6.58. The quantitative estimate of drug-likeness (QED) is 0.816. The molecule has 0 N–H and O–H groups in total. The molecule has 0 saturated heterocycles. The molecule has 0 fully saturated rings. The Morgan fingerprint density at radius 3 is 1.85 bits per heavy atom. The summed E-state index contributed by atoms with van der Waals surface area (Å²) >= 11 is 0. The van der Waals surface area contributed by atoms with Crippen LogP contribution in [0.15, 0.2) is 41.3 Å². The number of benzene rings is 1. The van der Waals surface area contributed by atoms with Gasteiger partial charge in [-0.3, -0.25) is 0 Å². The van der Waals surface area contributed by atoms with E-state index in [-0.39, 0.29) is 4.90 Å². The molecule has 0 aliphatic carbocycles. The molecule has 0 amide bonds. The van der Waals surface area contributed by atoms with Gasteiger partial charge >= 0.3 is 0 Å². The second-order valence-electron chi connectivity index (χ2n) is 5.00. The lowest BCUT2D eigenvalue weighted by atomic mass is 10.2. The van der Waals surface area contributed by atoms with Crippen molar-refractivity contribution in [1.82, 2.24) is 0 Å². The van der Waals surface area contributed by atoms with Gasteiger partial charge in [0.1, 0.15) is 0 Å². The Labute approximate surface area is 120 Å². The van der Waals surface area contributed by atoms with Gasteiger partial charge in [0.15, 0.2) is 21.4 Å². The smallest absolute Gasteiger partial charge is 0.174 e. The van der Waals surface area contributed by atoms with E-state index in [0.29, 0.717) is 0 Å².